The molecule has 1 unspecified atom stereocenters. The van der Waals surface area contributed by atoms with Crippen LogP contribution in [0.4, 0.5) is 0 Å². The lowest BCUT2D eigenvalue weighted by molar-refractivity contribution is -0.142. The molecule has 6 nitrogen and oxygen atoms in total. The van der Waals surface area contributed by atoms with E-state index in [1.54, 1.807) is 44.4 Å². The van der Waals surface area contributed by atoms with Crippen molar-refractivity contribution in [3.05, 3.63) is 59.1 Å². The number of amides is 2. The molecule has 0 aliphatic rings. The van der Waals surface area contributed by atoms with Crippen LogP contribution in [0.25, 0.3) is 0 Å². The quantitative estimate of drug-likeness (QED) is 0.544. The van der Waals surface area contributed by atoms with Gasteiger partial charge in [0.15, 0.2) is 6.61 Å². The summed E-state index contributed by atoms with van der Waals surface area (Å²) in [6.07, 6.45) is 1.87. The third-order valence-corrected chi connectivity index (χ3v) is 5.09. The molecule has 2 aromatic rings. The zero-order chi connectivity index (χ0) is 21.9. The van der Waals surface area contributed by atoms with E-state index in [0.717, 1.165) is 18.4 Å². The summed E-state index contributed by atoms with van der Waals surface area (Å²) in [5.41, 5.74) is 0.769. The minimum absolute atomic E-state index is 0.191. The number of halogens is 1. The molecular weight excluding hydrogens is 404 g/mol. The molecule has 0 aliphatic carbocycles. The molecule has 0 bridgehead atoms. The molecule has 0 aliphatic heterocycles. The van der Waals surface area contributed by atoms with Gasteiger partial charge in [-0.05, 0) is 49.2 Å². The largest absolute Gasteiger partial charge is 0.497 e. The first kappa shape index (κ1) is 23.5. The number of nitrogens with one attached hydrogen (secondary N) is 1. The van der Waals surface area contributed by atoms with Gasteiger partial charge in [0.1, 0.15) is 17.5 Å². The minimum Gasteiger partial charge on any atom is -0.497 e. The van der Waals surface area contributed by atoms with Crippen molar-refractivity contribution in [3.63, 3.8) is 0 Å². The van der Waals surface area contributed by atoms with Crippen LogP contribution in [0.3, 0.4) is 0 Å². The Kier molecular flexibility index (Phi) is 9.48. The van der Waals surface area contributed by atoms with Crippen LogP contribution in [0.5, 0.6) is 11.5 Å². The van der Waals surface area contributed by atoms with Gasteiger partial charge >= 0.3 is 0 Å². The van der Waals surface area contributed by atoms with Gasteiger partial charge in [-0.15, -0.1) is 0 Å². The monoisotopic (exact) mass is 432 g/mol. The molecule has 1 N–H and O–H groups in total. The van der Waals surface area contributed by atoms with Gasteiger partial charge in [0.05, 0.1) is 7.11 Å². The van der Waals surface area contributed by atoms with Crippen LogP contribution < -0.4 is 14.8 Å². The van der Waals surface area contributed by atoms with Gasteiger partial charge < -0.3 is 19.7 Å². The number of ether oxygens (including phenoxy) is 2. The number of carbonyl (C=O) groups is 2. The molecule has 30 heavy (non-hydrogen) atoms. The molecule has 2 amide bonds. The molecule has 2 rings (SSSR count). The van der Waals surface area contributed by atoms with E-state index in [1.165, 1.54) is 4.90 Å². The van der Waals surface area contributed by atoms with Crippen LogP contribution in [0.1, 0.15) is 32.3 Å². The lowest BCUT2D eigenvalue weighted by Crippen LogP contribution is -2.49. The Labute approximate surface area is 183 Å². The molecule has 0 saturated carbocycles. The van der Waals surface area contributed by atoms with Gasteiger partial charge in [-0.25, -0.2) is 0 Å². The lowest BCUT2D eigenvalue weighted by Gasteiger charge is -2.29. The van der Waals surface area contributed by atoms with Crippen molar-refractivity contribution >= 4 is 23.4 Å². The lowest BCUT2D eigenvalue weighted by atomic mass is 10.1. The first-order valence-corrected chi connectivity index (χ1v) is 10.4. The van der Waals surface area contributed by atoms with Gasteiger partial charge in [0.25, 0.3) is 5.91 Å². The molecule has 7 heteroatoms. The number of hydrogen-bond acceptors (Lipinski definition) is 4. The van der Waals surface area contributed by atoms with Gasteiger partial charge in [0.2, 0.25) is 5.91 Å². The highest BCUT2D eigenvalue weighted by atomic mass is 35.5. The van der Waals surface area contributed by atoms with Crippen molar-refractivity contribution in [2.24, 2.45) is 0 Å². The van der Waals surface area contributed by atoms with Crippen molar-refractivity contribution < 1.29 is 19.1 Å². The van der Waals surface area contributed by atoms with E-state index in [0.29, 0.717) is 23.1 Å². The van der Waals surface area contributed by atoms with Crippen molar-refractivity contribution in [3.8, 4) is 11.5 Å². The Morgan fingerprint density at radius 2 is 1.77 bits per heavy atom. The van der Waals surface area contributed by atoms with Crippen LogP contribution in [0.2, 0.25) is 5.02 Å². The molecule has 0 saturated heterocycles. The van der Waals surface area contributed by atoms with Crippen molar-refractivity contribution in [2.75, 3.05) is 20.3 Å². The fraction of sp³-hybridized carbons (Fsp3) is 0.391. The molecule has 0 radical (unpaired) electrons. The summed E-state index contributed by atoms with van der Waals surface area (Å²) >= 11 is 6.28. The topological polar surface area (TPSA) is 67.9 Å². The van der Waals surface area contributed by atoms with Gasteiger partial charge in [0, 0.05) is 18.1 Å². The number of benzene rings is 2. The van der Waals surface area contributed by atoms with E-state index >= 15 is 0 Å². The SMILES string of the molecule is CCCCNC(=O)C(C)N(Cc1ccccc1Cl)C(=O)COc1ccc(OC)cc1. The second kappa shape index (κ2) is 12.1. The Morgan fingerprint density at radius 3 is 2.40 bits per heavy atom. The number of nitrogens with zero attached hydrogens (tertiary/aromatic N) is 1. The molecule has 162 valence electrons. The van der Waals surface area contributed by atoms with E-state index in [4.69, 9.17) is 21.1 Å². The first-order chi connectivity index (χ1) is 14.5. The maximum absolute atomic E-state index is 13.0. The summed E-state index contributed by atoms with van der Waals surface area (Å²) in [5.74, 6) is 0.741. The standard InChI is InChI=1S/C23H29ClN2O4/c1-4-5-14-25-23(28)17(2)26(15-18-8-6-7-9-21(18)24)22(27)16-30-20-12-10-19(29-3)11-13-20/h6-13,17H,4-5,14-16H2,1-3H3,(H,25,28). The smallest absolute Gasteiger partial charge is 0.261 e. The number of unbranched alkanes of at least 4 members (excludes halogenated alkanes) is 1. The third-order valence-electron chi connectivity index (χ3n) is 4.72. The Morgan fingerprint density at radius 1 is 1.10 bits per heavy atom. The first-order valence-electron chi connectivity index (χ1n) is 10.0. The Hall–Kier alpha value is -2.73. The van der Waals surface area contributed by atoms with Crippen molar-refractivity contribution in [2.45, 2.75) is 39.3 Å². The summed E-state index contributed by atoms with van der Waals surface area (Å²) in [6, 6.07) is 13.6. The fourth-order valence-corrected chi connectivity index (χ4v) is 3.02. The van der Waals surface area contributed by atoms with Crippen LogP contribution in [0, 0.1) is 0 Å². The van der Waals surface area contributed by atoms with E-state index < -0.39 is 6.04 Å². The average Bonchev–Trinajstić information content (AvgIpc) is 2.77. The predicted octanol–water partition coefficient (Wildman–Crippen LogP) is 4.06. The van der Waals surface area contributed by atoms with Crippen molar-refractivity contribution in [1.29, 1.82) is 0 Å². The summed E-state index contributed by atoms with van der Waals surface area (Å²) in [7, 11) is 1.58. The molecule has 1 atom stereocenters. The number of methoxy groups -OCH3 is 1. The highest BCUT2D eigenvalue weighted by Gasteiger charge is 2.26. The third kappa shape index (κ3) is 6.95. The molecule has 2 aromatic carbocycles. The highest BCUT2D eigenvalue weighted by molar-refractivity contribution is 6.31. The molecular formula is C23H29ClN2O4. The summed E-state index contributed by atoms with van der Waals surface area (Å²) in [6.45, 7) is 4.37. The van der Waals surface area contributed by atoms with Crippen LogP contribution in [0.15, 0.2) is 48.5 Å². The Balaban J connectivity index is 2.10. The molecule has 0 aromatic heterocycles. The number of carbonyl (C=O) groups excluding carboxylic acids is 2. The molecule has 0 heterocycles. The maximum Gasteiger partial charge on any atom is 0.261 e. The average molecular weight is 433 g/mol. The zero-order valence-corrected chi connectivity index (χ0v) is 18.4. The minimum atomic E-state index is -0.662. The highest BCUT2D eigenvalue weighted by Crippen LogP contribution is 2.20. The maximum atomic E-state index is 13.0. The predicted molar refractivity (Wildman–Crippen MR) is 118 cm³/mol. The summed E-state index contributed by atoms with van der Waals surface area (Å²) < 4.78 is 10.8. The van der Waals surface area contributed by atoms with Crippen LogP contribution in [-0.4, -0.2) is 43.0 Å². The Bertz CT molecular complexity index is 826. The van der Waals surface area contributed by atoms with E-state index in [2.05, 4.69) is 12.2 Å². The fourth-order valence-electron chi connectivity index (χ4n) is 2.83. The van der Waals surface area contributed by atoms with E-state index in [-0.39, 0.29) is 25.0 Å². The van der Waals surface area contributed by atoms with Gasteiger partial charge in [-0.2, -0.15) is 0 Å². The van der Waals surface area contributed by atoms with Gasteiger partial charge in [-0.3, -0.25) is 9.59 Å². The summed E-state index contributed by atoms with van der Waals surface area (Å²) in [5, 5.41) is 3.43. The number of hydrogen-bond donors (Lipinski definition) is 1. The van der Waals surface area contributed by atoms with E-state index in [1.807, 2.05) is 18.2 Å². The second-order valence-corrected chi connectivity index (χ2v) is 7.31. The molecule has 0 spiro atoms. The van der Waals surface area contributed by atoms with Gasteiger partial charge in [-0.1, -0.05) is 43.1 Å². The normalized spacial score (nSPS) is 11.5. The van der Waals surface area contributed by atoms with Crippen LogP contribution in [-0.2, 0) is 16.1 Å². The van der Waals surface area contributed by atoms with Crippen molar-refractivity contribution in [1.82, 2.24) is 10.2 Å². The second-order valence-electron chi connectivity index (χ2n) is 6.90. The number of rotatable bonds is 11. The van der Waals surface area contributed by atoms with Crippen LogP contribution >= 0.6 is 11.6 Å². The van der Waals surface area contributed by atoms with E-state index in [9.17, 15) is 9.59 Å². The zero-order valence-electron chi connectivity index (χ0n) is 17.7. The summed E-state index contributed by atoms with van der Waals surface area (Å²) in [4.78, 5) is 27.1. The molecule has 0 fully saturated rings.